The van der Waals surface area contributed by atoms with Gasteiger partial charge in [0.15, 0.2) is 5.69 Å². The molecule has 2 heterocycles. The second-order valence-electron chi connectivity index (χ2n) is 5.83. The summed E-state index contributed by atoms with van der Waals surface area (Å²) in [7, 11) is 0. The smallest absolute Gasteiger partial charge is 0.291 e. The van der Waals surface area contributed by atoms with Gasteiger partial charge in [0.25, 0.3) is 5.56 Å². The Labute approximate surface area is 149 Å². The molecule has 0 bridgehead atoms. The maximum atomic E-state index is 14.2. The van der Waals surface area contributed by atoms with E-state index in [0.717, 1.165) is 13.0 Å². The Bertz CT molecular complexity index is 1170. The molecule has 1 atom stereocenters. The fourth-order valence-electron chi connectivity index (χ4n) is 2.73. The first-order chi connectivity index (χ1) is 12.8. The zero-order valence-corrected chi connectivity index (χ0v) is 13.7. The molecule has 0 amide bonds. The number of halogens is 7. The van der Waals surface area contributed by atoms with Crippen molar-refractivity contribution in [1.29, 1.82) is 0 Å². The van der Waals surface area contributed by atoms with Gasteiger partial charge in [-0.1, -0.05) is 6.07 Å². The zero-order valence-electron chi connectivity index (χ0n) is 13.7. The predicted octanol–water partition coefficient (Wildman–Crippen LogP) is 3.20. The SMILES string of the molecule is C[C@H](c1ccc(C(F)(F)F)cc1F)n1nc(C(F)(F)F)c2c(=O)[nH]c(=O)[nH]c21. The van der Waals surface area contributed by atoms with Crippen molar-refractivity contribution < 1.29 is 30.7 Å². The lowest BCUT2D eigenvalue weighted by Crippen LogP contribution is -2.24. The summed E-state index contributed by atoms with van der Waals surface area (Å²) in [5.74, 6) is -1.34. The van der Waals surface area contributed by atoms with Crippen LogP contribution in [0, 0.1) is 5.82 Å². The molecule has 0 fully saturated rings. The highest BCUT2D eigenvalue weighted by Gasteiger charge is 2.39. The highest BCUT2D eigenvalue weighted by molar-refractivity contribution is 5.77. The van der Waals surface area contributed by atoms with E-state index in [4.69, 9.17) is 0 Å². The normalized spacial score (nSPS) is 13.9. The molecule has 0 aliphatic heterocycles. The van der Waals surface area contributed by atoms with Crippen molar-refractivity contribution in [2.75, 3.05) is 0 Å². The average Bonchev–Trinajstić information content (AvgIpc) is 2.93. The predicted molar refractivity (Wildman–Crippen MR) is 81.2 cm³/mol. The molecule has 0 saturated heterocycles. The van der Waals surface area contributed by atoms with Gasteiger partial charge in [0.05, 0.1) is 11.6 Å². The second kappa shape index (κ2) is 6.21. The zero-order chi connectivity index (χ0) is 21.0. The summed E-state index contributed by atoms with van der Waals surface area (Å²) < 4.78 is 92.4. The van der Waals surface area contributed by atoms with Gasteiger partial charge >= 0.3 is 18.0 Å². The van der Waals surface area contributed by atoms with Gasteiger partial charge < -0.3 is 0 Å². The van der Waals surface area contributed by atoms with E-state index < -0.39 is 63.3 Å². The molecule has 3 rings (SSSR count). The van der Waals surface area contributed by atoms with E-state index in [1.54, 1.807) is 4.98 Å². The number of nitrogens with zero attached hydrogens (tertiary/aromatic N) is 2. The third-order valence-corrected chi connectivity index (χ3v) is 4.01. The van der Waals surface area contributed by atoms with Crippen molar-refractivity contribution in [1.82, 2.24) is 19.7 Å². The van der Waals surface area contributed by atoms with Crippen molar-refractivity contribution in [3.05, 3.63) is 61.7 Å². The van der Waals surface area contributed by atoms with Crippen LogP contribution in [0.2, 0.25) is 0 Å². The topological polar surface area (TPSA) is 83.5 Å². The maximum absolute atomic E-state index is 14.2. The molecular formula is C15H9F7N4O2. The summed E-state index contributed by atoms with van der Waals surface area (Å²) >= 11 is 0. The van der Waals surface area contributed by atoms with Gasteiger partial charge in [0, 0.05) is 5.56 Å². The standard InChI is InChI=1S/C15H9F7N4O2/c1-5(7-3-2-6(4-8(7)16)14(17,18)19)26-11-9(10(25-26)15(20,21)22)12(27)24-13(28)23-11/h2-5H,1H3,(H2,23,24,27,28)/t5-/m1/s1. The number of benzene rings is 1. The number of aromatic amines is 2. The molecule has 6 nitrogen and oxygen atoms in total. The molecule has 0 saturated carbocycles. The molecule has 0 aliphatic carbocycles. The lowest BCUT2D eigenvalue weighted by Gasteiger charge is -2.16. The molecule has 0 radical (unpaired) electrons. The number of hydrogen-bond acceptors (Lipinski definition) is 3. The van der Waals surface area contributed by atoms with Crippen LogP contribution < -0.4 is 11.2 Å². The minimum atomic E-state index is -5.08. The highest BCUT2D eigenvalue weighted by Crippen LogP contribution is 2.35. The van der Waals surface area contributed by atoms with Gasteiger partial charge in [0.2, 0.25) is 0 Å². The number of alkyl halides is 6. The average molecular weight is 410 g/mol. The molecule has 0 spiro atoms. The molecule has 2 aromatic heterocycles. The summed E-state index contributed by atoms with van der Waals surface area (Å²) in [6.07, 6.45) is -9.89. The van der Waals surface area contributed by atoms with Crippen molar-refractivity contribution in [3.63, 3.8) is 0 Å². The Morgan fingerprint density at radius 1 is 1.04 bits per heavy atom. The molecular weight excluding hydrogens is 401 g/mol. The van der Waals surface area contributed by atoms with Gasteiger partial charge in [-0.25, -0.2) is 13.9 Å². The molecule has 2 N–H and O–H groups in total. The molecule has 0 aliphatic rings. The van der Waals surface area contributed by atoms with Crippen LogP contribution in [0.15, 0.2) is 27.8 Å². The summed E-state index contributed by atoms with van der Waals surface area (Å²) in [4.78, 5) is 26.9. The third kappa shape index (κ3) is 3.27. The Morgan fingerprint density at radius 2 is 1.68 bits per heavy atom. The number of hydrogen-bond donors (Lipinski definition) is 2. The van der Waals surface area contributed by atoms with Gasteiger partial charge in [-0.15, -0.1) is 0 Å². The quantitative estimate of drug-likeness (QED) is 0.637. The largest absolute Gasteiger partial charge is 0.436 e. The molecule has 3 aromatic rings. The van der Waals surface area contributed by atoms with Crippen LogP contribution in [0.1, 0.15) is 29.8 Å². The van der Waals surface area contributed by atoms with Crippen molar-refractivity contribution in [2.45, 2.75) is 25.3 Å². The molecule has 150 valence electrons. The summed E-state index contributed by atoms with van der Waals surface area (Å²) in [5.41, 5.74) is -6.48. The Morgan fingerprint density at radius 3 is 2.21 bits per heavy atom. The van der Waals surface area contributed by atoms with Crippen molar-refractivity contribution in [3.8, 4) is 0 Å². The van der Waals surface area contributed by atoms with Gasteiger partial charge in [-0.3, -0.25) is 14.8 Å². The number of nitrogens with one attached hydrogen (secondary N) is 2. The number of aromatic nitrogens is 4. The van der Waals surface area contributed by atoms with Crippen LogP contribution in [-0.2, 0) is 12.4 Å². The second-order valence-corrected chi connectivity index (χ2v) is 5.83. The molecule has 0 unspecified atom stereocenters. The summed E-state index contributed by atoms with van der Waals surface area (Å²) in [5, 5.41) is 2.28. The van der Waals surface area contributed by atoms with Gasteiger partial charge in [0.1, 0.15) is 16.9 Å². The Kier molecular flexibility index (Phi) is 4.35. The lowest BCUT2D eigenvalue weighted by molar-refractivity contribution is -0.140. The first kappa shape index (κ1) is 19.6. The minimum absolute atomic E-state index is 0.192. The fourth-order valence-corrected chi connectivity index (χ4v) is 2.73. The lowest BCUT2D eigenvalue weighted by atomic mass is 10.0. The third-order valence-electron chi connectivity index (χ3n) is 4.01. The van der Waals surface area contributed by atoms with E-state index in [2.05, 4.69) is 5.10 Å². The maximum Gasteiger partial charge on any atom is 0.436 e. The van der Waals surface area contributed by atoms with E-state index in [1.165, 1.54) is 0 Å². The van der Waals surface area contributed by atoms with Crippen molar-refractivity contribution in [2.24, 2.45) is 0 Å². The summed E-state index contributed by atoms with van der Waals surface area (Å²) in [6, 6.07) is 0.117. The van der Waals surface area contributed by atoms with Gasteiger partial charge in [-0.2, -0.15) is 31.4 Å². The van der Waals surface area contributed by atoms with Gasteiger partial charge in [-0.05, 0) is 19.1 Å². The molecule has 1 aromatic carbocycles. The highest BCUT2D eigenvalue weighted by atomic mass is 19.4. The first-order valence-electron chi connectivity index (χ1n) is 7.49. The van der Waals surface area contributed by atoms with Crippen LogP contribution in [-0.4, -0.2) is 19.7 Å². The van der Waals surface area contributed by atoms with Crippen LogP contribution in [0.4, 0.5) is 30.7 Å². The van der Waals surface area contributed by atoms with E-state index in [1.807, 2.05) is 4.98 Å². The van der Waals surface area contributed by atoms with Crippen molar-refractivity contribution >= 4 is 11.0 Å². The number of rotatable bonds is 2. The van der Waals surface area contributed by atoms with Crippen LogP contribution in [0.3, 0.4) is 0 Å². The van der Waals surface area contributed by atoms with Crippen LogP contribution in [0.25, 0.3) is 11.0 Å². The summed E-state index contributed by atoms with van der Waals surface area (Å²) in [6.45, 7) is 1.15. The fraction of sp³-hybridized carbons (Fsp3) is 0.267. The van der Waals surface area contributed by atoms with E-state index >= 15 is 0 Å². The molecule has 13 heteroatoms. The monoisotopic (exact) mass is 410 g/mol. The van der Waals surface area contributed by atoms with E-state index in [9.17, 15) is 40.3 Å². The number of fused-ring (bicyclic) bond motifs is 1. The van der Waals surface area contributed by atoms with E-state index in [0.29, 0.717) is 10.7 Å². The minimum Gasteiger partial charge on any atom is -0.291 e. The van der Waals surface area contributed by atoms with E-state index in [-0.39, 0.29) is 6.07 Å². The first-order valence-corrected chi connectivity index (χ1v) is 7.49. The molecule has 28 heavy (non-hydrogen) atoms. The Hall–Kier alpha value is -3.12. The Balaban J connectivity index is 2.24. The number of H-pyrrole nitrogens is 2. The van der Waals surface area contributed by atoms with Crippen LogP contribution in [0.5, 0.6) is 0 Å². The van der Waals surface area contributed by atoms with Crippen LogP contribution >= 0.6 is 0 Å².